The molecule has 0 spiro atoms. The molecule has 0 radical (unpaired) electrons. The van der Waals surface area contributed by atoms with Crippen molar-refractivity contribution in [1.82, 2.24) is 4.98 Å². The van der Waals surface area contributed by atoms with Gasteiger partial charge in [-0.05, 0) is 24.5 Å². The van der Waals surface area contributed by atoms with Gasteiger partial charge in [0.15, 0.2) is 0 Å². The van der Waals surface area contributed by atoms with Crippen LogP contribution in [-0.2, 0) is 6.54 Å². The first kappa shape index (κ1) is 12.0. The smallest absolute Gasteiger partial charge is 0.142 e. The third-order valence-corrected chi connectivity index (χ3v) is 2.35. The highest BCUT2D eigenvalue weighted by Gasteiger charge is 2.05. The monoisotopic (exact) mass is 208 g/mol. The number of pyridine rings is 1. The molecule has 2 N–H and O–H groups in total. The van der Waals surface area contributed by atoms with Crippen molar-refractivity contribution in [1.29, 1.82) is 0 Å². The summed E-state index contributed by atoms with van der Waals surface area (Å²) in [5, 5.41) is 0. The summed E-state index contributed by atoms with van der Waals surface area (Å²) in [6.45, 7) is 5.55. The van der Waals surface area contributed by atoms with E-state index in [4.69, 9.17) is 10.5 Å². The van der Waals surface area contributed by atoms with Crippen molar-refractivity contribution in [3.05, 3.63) is 24.0 Å². The predicted molar refractivity (Wildman–Crippen MR) is 61.7 cm³/mol. The van der Waals surface area contributed by atoms with Crippen molar-refractivity contribution in [3.63, 3.8) is 0 Å². The van der Waals surface area contributed by atoms with E-state index in [9.17, 15) is 0 Å². The minimum absolute atomic E-state index is 0.429. The summed E-state index contributed by atoms with van der Waals surface area (Å²) in [6.07, 6.45) is 4.13. The fourth-order valence-corrected chi connectivity index (χ4v) is 1.52. The molecule has 3 heteroatoms. The van der Waals surface area contributed by atoms with Crippen LogP contribution >= 0.6 is 0 Å². The van der Waals surface area contributed by atoms with Crippen molar-refractivity contribution in [2.75, 3.05) is 6.61 Å². The highest BCUT2D eigenvalue weighted by Crippen LogP contribution is 2.16. The van der Waals surface area contributed by atoms with Gasteiger partial charge < -0.3 is 10.5 Å². The van der Waals surface area contributed by atoms with Gasteiger partial charge in [0.1, 0.15) is 5.75 Å². The molecule has 1 aromatic heterocycles. The van der Waals surface area contributed by atoms with Gasteiger partial charge in [0, 0.05) is 12.7 Å². The van der Waals surface area contributed by atoms with E-state index in [1.807, 2.05) is 12.1 Å². The number of ether oxygens (including phenoxy) is 1. The Hall–Kier alpha value is -1.09. The summed E-state index contributed by atoms with van der Waals surface area (Å²) >= 11 is 0. The zero-order valence-electron chi connectivity index (χ0n) is 9.57. The van der Waals surface area contributed by atoms with Gasteiger partial charge in [-0.3, -0.25) is 4.98 Å². The maximum Gasteiger partial charge on any atom is 0.142 e. The molecule has 0 aliphatic heterocycles. The molecule has 1 atom stereocenters. The second kappa shape index (κ2) is 6.40. The molecule has 15 heavy (non-hydrogen) atoms. The van der Waals surface area contributed by atoms with Gasteiger partial charge in [-0.15, -0.1) is 0 Å². The highest BCUT2D eigenvalue weighted by molar-refractivity contribution is 5.26. The first-order valence-electron chi connectivity index (χ1n) is 5.54. The number of hydrogen-bond acceptors (Lipinski definition) is 3. The Morgan fingerprint density at radius 3 is 3.00 bits per heavy atom. The SMILES string of the molecule is CCCC(C)COc1cccnc1CN. The van der Waals surface area contributed by atoms with E-state index < -0.39 is 0 Å². The molecule has 1 rings (SSSR count). The molecule has 0 bridgehead atoms. The molecule has 0 amide bonds. The molecule has 0 aliphatic carbocycles. The van der Waals surface area contributed by atoms with Crippen LogP contribution in [0.1, 0.15) is 32.4 Å². The van der Waals surface area contributed by atoms with E-state index in [-0.39, 0.29) is 0 Å². The van der Waals surface area contributed by atoms with Crippen molar-refractivity contribution < 1.29 is 4.74 Å². The average molecular weight is 208 g/mol. The summed E-state index contributed by atoms with van der Waals surface area (Å²) in [5.74, 6) is 1.41. The molecule has 0 aliphatic rings. The molecule has 1 heterocycles. The molecule has 3 nitrogen and oxygen atoms in total. The lowest BCUT2D eigenvalue weighted by Crippen LogP contribution is -2.11. The molecule has 0 aromatic carbocycles. The Kier molecular flexibility index (Phi) is 5.12. The molecule has 0 fully saturated rings. The molecular weight excluding hydrogens is 188 g/mol. The Balaban J connectivity index is 2.49. The standard InChI is InChI=1S/C12H20N2O/c1-3-5-10(2)9-15-12-6-4-7-14-11(12)8-13/h4,6-7,10H,3,5,8-9,13H2,1-2H3. The van der Waals surface area contributed by atoms with Crippen LogP contribution in [0.25, 0.3) is 0 Å². The van der Waals surface area contributed by atoms with Crippen LogP contribution in [0.4, 0.5) is 0 Å². The van der Waals surface area contributed by atoms with E-state index in [1.54, 1.807) is 6.20 Å². The zero-order chi connectivity index (χ0) is 11.1. The summed E-state index contributed by atoms with van der Waals surface area (Å²) < 4.78 is 5.70. The van der Waals surface area contributed by atoms with Crippen molar-refractivity contribution >= 4 is 0 Å². The first-order valence-corrected chi connectivity index (χ1v) is 5.54. The number of nitrogens with zero attached hydrogens (tertiary/aromatic N) is 1. The van der Waals surface area contributed by atoms with E-state index in [1.165, 1.54) is 12.8 Å². The lowest BCUT2D eigenvalue weighted by molar-refractivity contribution is 0.248. The summed E-state index contributed by atoms with van der Waals surface area (Å²) in [4.78, 5) is 4.17. The summed E-state index contributed by atoms with van der Waals surface area (Å²) in [7, 11) is 0. The molecule has 84 valence electrons. The van der Waals surface area contributed by atoms with Crippen LogP contribution in [0, 0.1) is 5.92 Å². The molecule has 0 saturated heterocycles. The average Bonchev–Trinajstić information content (AvgIpc) is 2.27. The fraction of sp³-hybridized carbons (Fsp3) is 0.583. The largest absolute Gasteiger partial charge is 0.491 e. The number of nitrogens with two attached hydrogens (primary N) is 1. The van der Waals surface area contributed by atoms with Crippen molar-refractivity contribution in [2.24, 2.45) is 11.7 Å². The topological polar surface area (TPSA) is 48.1 Å². The van der Waals surface area contributed by atoms with Gasteiger partial charge in [0.2, 0.25) is 0 Å². The van der Waals surface area contributed by atoms with Crippen LogP contribution in [0.15, 0.2) is 18.3 Å². The summed E-state index contributed by atoms with van der Waals surface area (Å²) in [6, 6.07) is 3.80. The lowest BCUT2D eigenvalue weighted by Gasteiger charge is -2.13. The Bertz CT molecular complexity index is 289. The van der Waals surface area contributed by atoms with Crippen LogP contribution in [0.5, 0.6) is 5.75 Å². The van der Waals surface area contributed by atoms with Gasteiger partial charge in [-0.1, -0.05) is 20.3 Å². The van der Waals surface area contributed by atoms with Gasteiger partial charge >= 0.3 is 0 Å². The molecular formula is C12H20N2O. The van der Waals surface area contributed by atoms with Gasteiger partial charge in [-0.25, -0.2) is 0 Å². The van der Waals surface area contributed by atoms with E-state index >= 15 is 0 Å². The highest BCUT2D eigenvalue weighted by atomic mass is 16.5. The van der Waals surface area contributed by atoms with E-state index in [2.05, 4.69) is 18.8 Å². The maximum absolute atomic E-state index is 5.70. The molecule has 0 saturated carbocycles. The number of rotatable bonds is 6. The van der Waals surface area contributed by atoms with E-state index in [0.29, 0.717) is 12.5 Å². The minimum atomic E-state index is 0.429. The first-order chi connectivity index (χ1) is 7.27. The quantitative estimate of drug-likeness (QED) is 0.780. The van der Waals surface area contributed by atoms with Crippen LogP contribution < -0.4 is 10.5 Å². The van der Waals surface area contributed by atoms with Crippen molar-refractivity contribution in [2.45, 2.75) is 33.2 Å². The number of aromatic nitrogens is 1. The fourth-order valence-electron chi connectivity index (χ4n) is 1.52. The van der Waals surface area contributed by atoms with Crippen LogP contribution in [0.3, 0.4) is 0 Å². The van der Waals surface area contributed by atoms with Gasteiger partial charge in [0.05, 0.1) is 12.3 Å². The Labute approximate surface area is 91.7 Å². The minimum Gasteiger partial charge on any atom is -0.491 e. The van der Waals surface area contributed by atoms with Crippen LogP contribution in [-0.4, -0.2) is 11.6 Å². The predicted octanol–water partition coefficient (Wildman–Crippen LogP) is 2.36. The zero-order valence-corrected chi connectivity index (χ0v) is 9.57. The van der Waals surface area contributed by atoms with E-state index in [0.717, 1.165) is 18.1 Å². The molecule has 1 aromatic rings. The van der Waals surface area contributed by atoms with Crippen molar-refractivity contribution in [3.8, 4) is 5.75 Å². The Morgan fingerprint density at radius 1 is 1.53 bits per heavy atom. The lowest BCUT2D eigenvalue weighted by atomic mass is 10.1. The second-order valence-corrected chi connectivity index (χ2v) is 3.86. The Morgan fingerprint density at radius 2 is 2.33 bits per heavy atom. The van der Waals surface area contributed by atoms with Gasteiger partial charge in [-0.2, -0.15) is 0 Å². The normalized spacial score (nSPS) is 12.5. The molecule has 1 unspecified atom stereocenters. The third kappa shape index (κ3) is 3.88. The van der Waals surface area contributed by atoms with Gasteiger partial charge in [0.25, 0.3) is 0 Å². The third-order valence-electron chi connectivity index (χ3n) is 2.35. The second-order valence-electron chi connectivity index (χ2n) is 3.86. The van der Waals surface area contributed by atoms with Crippen LogP contribution in [0.2, 0.25) is 0 Å². The number of hydrogen-bond donors (Lipinski definition) is 1. The summed E-state index contributed by atoms with van der Waals surface area (Å²) in [5.41, 5.74) is 6.41. The maximum atomic E-state index is 5.70.